The van der Waals surface area contributed by atoms with Crippen molar-refractivity contribution in [2.75, 3.05) is 13.7 Å². The van der Waals surface area contributed by atoms with Gasteiger partial charge in [-0.25, -0.2) is 0 Å². The Labute approximate surface area is 97.0 Å². The summed E-state index contributed by atoms with van der Waals surface area (Å²) in [6.45, 7) is -0.725. The fourth-order valence-electron chi connectivity index (χ4n) is 1.27. The van der Waals surface area contributed by atoms with Crippen molar-refractivity contribution in [3.63, 3.8) is 0 Å². The maximum absolute atomic E-state index is 10.7. The Kier molecular flexibility index (Phi) is 4.25. The first kappa shape index (κ1) is 12.7. The highest BCUT2D eigenvalue weighted by Gasteiger charge is 2.19. The Balaban J connectivity index is 3.24. The molecule has 0 atom stereocenters. The highest BCUT2D eigenvalue weighted by molar-refractivity contribution is 5.54. The first-order valence-corrected chi connectivity index (χ1v) is 4.60. The largest absolute Gasteiger partial charge is 0.493 e. The lowest BCUT2D eigenvalue weighted by Gasteiger charge is -2.09. The van der Waals surface area contributed by atoms with E-state index in [4.69, 9.17) is 19.8 Å². The van der Waals surface area contributed by atoms with E-state index in [2.05, 4.69) is 0 Å². The molecule has 0 amide bonds. The van der Waals surface area contributed by atoms with Gasteiger partial charge in [-0.15, -0.1) is 0 Å². The van der Waals surface area contributed by atoms with Crippen molar-refractivity contribution < 1.29 is 19.5 Å². The van der Waals surface area contributed by atoms with Crippen molar-refractivity contribution in [1.82, 2.24) is 0 Å². The number of nitrogens with zero attached hydrogens (tertiary/aromatic N) is 2. The first-order chi connectivity index (χ1) is 8.13. The van der Waals surface area contributed by atoms with Crippen LogP contribution in [0.3, 0.4) is 0 Å². The SMILES string of the molecule is COc1cc(CO)c([N+](=O)[O-])cc1OCC#N. The van der Waals surface area contributed by atoms with E-state index in [1.165, 1.54) is 13.2 Å². The average Bonchev–Trinajstić information content (AvgIpc) is 2.34. The zero-order chi connectivity index (χ0) is 12.8. The molecule has 0 saturated heterocycles. The van der Waals surface area contributed by atoms with E-state index in [0.29, 0.717) is 0 Å². The standard InChI is InChI=1S/C10H10N2O5/c1-16-9-4-7(6-13)8(12(14)15)5-10(9)17-3-2-11/h4-5,13H,3,6H2,1H3. The van der Waals surface area contributed by atoms with Crippen LogP contribution in [0.5, 0.6) is 11.5 Å². The molecule has 1 aromatic rings. The third-order valence-electron chi connectivity index (χ3n) is 2.02. The van der Waals surface area contributed by atoms with E-state index in [1.54, 1.807) is 6.07 Å². The summed E-state index contributed by atoms with van der Waals surface area (Å²) in [6, 6.07) is 4.18. The van der Waals surface area contributed by atoms with Gasteiger partial charge in [0.1, 0.15) is 6.07 Å². The second-order valence-electron chi connectivity index (χ2n) is 2.99. The van der Waals surface area contributed by atoms with Crippen LogP contribution < -0.4 is 9.47 Å². The molecule has 1 aromatic carbocycles. The number of aliphatic hydroxyl groups excluding tert-OH is 1. The highest BCUT2D eigenvalue weighted by Crippen LogP contribution is 2.34. The zero-order valence-corrected chi connectivity index (χ0v) is 9.04. The van der Waals surface area contributed by atoms with Gasteiger partial charge >= 0.3 is 0 Å². The Morgan fingerprint density at radius 1 is 1.53 bits per heavy atom. The quantitative estimate of drug-likeness (QED) is 0.605. The molecule has 90 valence electrons. The summed E-state index contributed by atoms with van der Waals surface area (Å²) < 4.78 is 9.95. The summed E-state index contributed by atoms with van der Waals surface area (Å²) >= 11 is 0. The van der Waals surface area contributed by atoms with E-state index in [9.17, 15) is 10.1 Å². The molecule has 0 aromatic heterocycles. The lowest BCUT2D eigenvalue weighted by Crippen LogP contribution is -2.01. The van der Waals surface area contributed by atoms with Gasteiger partial charge in [-0.2, -0.15) is 5.26 Å². The predicted molar refractivity (Wildman–Crippen MR) is 56.7 cm³/mol. The molecule has 0 aliphatic carbocycles. The number of nitro benzene ring substituents is 1. The second-order valence-corrected chi connectivity index (χ2v) is 2.99. The molecule has 0 heterocycles. The van der Waals surface area contributed by atoms with E-state index in [1.807, 2.05) is 0 Å². The molecule has 0 bridgehead atoms. The van der Waals surface area contributed by atoms with Gasteiger partial charge in [0, 0.05) is 0 Å². The predicted octanol–water partition coefficient (Wildman–Crippen LogP) is 0.998. The minimum absolute atomic E-state index is 0.0953. The third kappa shape index (κ3) is 2.83. The molecule has 7 nitrogen and oxygen atoms in total. The molecular formula is C10H10N2O5. The summed E-state index contributed by atoms with van der Waals surface area (Å²) in [5.41, 5.74) is -0.155. The number of ether oxygens (including phenoxy) is 2. The number of methoxy groups -OCH3 is 1. The van der Waals surface area contributed by atoms with E-state index in [0.717, 1.165) is 6.07 Å². The fourth-order valence-corrected chi connectivity index (χ4v) is 1.27. The van der Waals surface area contributed by atoms with E-state index >= 15 is 0 Å². The van der Waals surface area contributed by atoms with Crippen molar-refractivity contribution in [2.24, 2.45) is 0 Å². The molecular weight excluding hydrogens is 228 g/mol. The molecule has 1 rings (SSSR count). The molecule has 0 aliphatic rings. The Morgan fingerprint density at radius 2 is 2.24 bits per heavy atom. The monoisotopic (exact) mass is 238 g/mol. The van der Waals surface area contributed by atoms with Crippen LogP contribution in [0.15, 0.2) is 12.1 Å². The van der Waals surface area contributed by atoms with Crippen molar-refractivity contribution in [3.8, 4) is 17.6 Å². The summed E-state index contributed by atoms with van der Waals surface area (Å²) in [5.74, 6) is 0.327. The normalized spacial score (nSPS) is 9.47. The number of rotatable bonds is 5. The van der Waals surface area contributed by atoms with Crippen molar-refractivity contribution in [3.05, 3.63) is 27.8 Å². The van der Waals surface area contributed by atoms with Gasteiger partial charge in [-0.1, -0.05) is 0 Å². The number of aliphatic hydroxyl groups is 1. The minimum atomic E-state index is -0.635. The van der Waals surface area contributed by atoms with Gasteiger partial charge in [0.25, 0.3) is 5.69 Å². The van der Waals surface area contributed by atoms with Gasteiger partial charge in [0.2, 0.25) is 0 Å². The molecule has 7 heteroatoms. The van der Waals surface area contributed by atoms with Gasteiger partial charge in [-0.3, -0.25) is 10.1 Å². The van der Waals surface area contributed by atoms with Crippen LogP contribution in [-0.4, -0.2) is 23.7 Å². The summed E-state index contributed by atoms with van der Waals surface area (Å²) in [7, 11) is 1.36. The molecule has 0 aliphatic heterocycles. The Morgan fingerprint density at radius 3 is 2.71 bits per heavy atom. The molecule has 0 unspecified atom stereocenters. The zero-order valence-electron chi connectivity index (χ0n) is 9.04. The Bertz CT molecular complexity index is 466. The molecule has 0 fully saturated rings. The topological polar surface area (TPSA) is 106 Å². The molecule has 0 saturated carbocycles. The lowest BCUT2D eigenvalue weighted by atomic mass is 10.1. The van der Waals surface area contributed by atoms with Crippen LogP contribution in [0, 0.1) is 21.4 Å². The van der Waals surface area contributed by atoms with E-state index in [-0.39, 0.29) is 29.4 Å². The summed E-state index contributed by atoms with van der Waals surface area (Å²) in [4.78, 5) is 10.1. The highest BCUT2D eigenvalue weighted by atomic mass is 16.6. The minimum Gasteiger partial charge on any atom is -0.493 e. The van der Waals surface area contributed by atoms with Gasteiger partial charge in [-0.05, 0) is 6.07 Å². The van der Waals surface area contributed by atoms with Crippen molar-refractivity contribution in [2.45, 2.75) is 6.61 Å². The van der Waals surface area contributed by atoms with Crippen molar-refractivity contribution >= 4 is 5.69 Å². The van der Waals surface area contributed by atoms with Gasteiger partial charge in [0.05, 0.1) is 30.3 Å². The smallest absolute Gasteiger partial charge is 0.278 e. The van der Waals surface area contributed by atoms with Crippen LogP contribution in [0.2, 0.25) is 0 Å². The maximum Gasteiger partial charge on any atom is 0.278 e. The molecule has 0 radical (unpaired) electrons. The average molecular weight is 238 g/mol. The summed E-state index contributed by atoms with van der Waals surface area (Å²) in [6.07, 6.45) is 0. The lowest BCUT2D eigenvalue weighted by molar-refractivity contribution is -0.385. The van der Waals surface area contributed by atoms with Crippen LogP contribution >= 0.6 is 0 Å². The number of nitro groups is 1. The first-order valence-electron chi connectivity index (χ1n) is 4.60. The van der Waals surface area contributed by atoms with Crippen LogP contribution in [0.4, 0.5) is 5.69 Å². The molecule has 0 spiro atoms. The number of nitriles is 1. The third-order valence-corrected chi connectivity index (χ3v) is 2.02. The fraction of sp³-hybridized carbons (Fsp3) is 0.300. The van der Waals surface area contributed by atoms with Crippen LogP contribution in [0.1, 0.15) is 5.56 Å². The second kappa shape index (κ2) is 5.67. The number of benzene rings is 1. The van der Waals surface area contributed by atoms with Crippen LogP contribution in [-0.2, 0) is 6.61 Å². The van der Waals surface area contributed by atoms with Crippen molar-refractivity contribution in [1.29, 1.82) is 5.26 Å². The number of hydrogen-bond donors (Lipinski definition) is 1. The van der Waals surface area contributed by atoms with Gasteiger partial charge in [0.15, 0.2) is 18.1 Å². The Hall–Kier alpha value is -2.33. The van der Waals surface area contributed by atoms with Crippen LogP contribution in [0.25, 0.3) is 0 Å². The van der Waals surface area contributed by atoms with Gasteiger partial charge < -0.3 is 14.6 Å². The number of hydrogen-bond acceptors (Lipinski definition) is 6. The van der Waals surface area contributed by atoms with E-state index < -0.39 is 11.5 Å². The maximum atomic E-state index is 10.7. The molecule has 17 heavy (non-hydrogen) atoms. The summed E-state index contributed by atoms with van der Waals surface area (Å²) in [5, 5.41) is 28.1. The molecule has 1 N–H and O–H groups in total.